The van der Waals surface area contributed by atoms with Crippen LogP contribution in [0.1, 0.15) is 16.9 Å². The fourth-order valence-electron chi connectivity index (χ4n) is 2.43. The van der Waals surface area contributed by atoms with E-state index in [0.717, 1.165) is 5.56 Å². The Kier molecular flexibility index (Phi) is 6.09. The second-order valence-electron chi connectivity index (χ2n) is 6.06. The lowest BCUT2D eigenvalue weighted by Gasteiger charge is -2.08. The van der Waals surface area contributed by atoms with Crippen LogP contribution in [-0.2, 0) is 16.1 Å². The molecule has 0 aliphatic heterocycles. The Balaban J connectivity index is 1.54. The Morgan fingerprint density at radius 2 is 1.85 bits per heavy atom. The molecule has 0 fully saturated rings. The van der Waals surface area contributed by atoms with E-state index in [2.05, 4.69) is 0 Å². The highest BCUT2D eigenvalue weighted by atomic mass is 35.5. The first kappa shape index (κ1) is 19.3. The van der Waals surface area contributed by atoms with E-state index in [-0.39, 0.29) is 13.2 Å². The number of carbonyl (C=O) groups is 1. The van der Waals surface area contributed by atoms with E-state index in [9.17, 15) is 4.79 Å². The zero-order valence-corrected chi connectivity index (χ0v) is 16.4. The highest BCUT2D eigenvalue weighted by Crippen LogP contribution is 2.34. The van der Waals surface area contributed by atoms with Gasteiger partial charge in [0.25, 0.3) is 0 Å². The summed E-state index contributed by atoms with van der Waals surface area (Å²) in [7, 11) is 0. The fraction of sp³-hybridized carbons (Fsp3) is 0.190. The Hall–Kier alpha value is -2.43. The Bertz CT molecular complexity index is 963. The van der Waals surface area contributed by atoms with Gasteiger partial charge in [0.05, 0.1) is 10.0 Å². The van der Waals surface area contributed by atoms with Gasteiger partial charge in [0.2, 0.25) is 0 Å². The van der Waals surface area contributed by atoms with Gasteiger partial charge in [0.1, 0.15) is 23.9 Å². The van der Waals surface area contributed by atoms with Crippen molar-refractivity contribution in [3.63, 3.8) is 0 Å². The van der Waals surface area contributed by atoms with Gasteiger partial charge in [-0.1, -0.05) is 35.3 Å². The molecule has 140 valence electrons. The average Bonchev–Trinajstić information content (AvgIpc) is 3.12. The molecule has 0 saturated carbocycles. The molecule has 1 aromatic heterocycles. The molecule has 6 heteroatoms. The average molecular weight is 405 g/mol. The smallest absolute Gasteiger partial charge is 0.344 e. The standard InChI is InChI=1S/C21H18Cl2O4/c1-13-6-7-15(10-14(13)2)25-12-20(24)26-11-16-8-9-19(27-16)17-4-3-5-18(22)21(17)23/h3-10H,11-12H2,1-2H3. The zero-order chi connectivity index (χ0) is 19.4. The van der Waals surface area contributed by atoms with E-state index < -0.39 is 5.97 Å². The first-order valence-corrected chi connectivity index (χ1v) is 9.08. The predicted molar refractivity (Wildman–Crippen MR) is 105 cm³/mol. The molecule has 2 aromatic carbocycles. The maximum Gasteiger partial charge on any atom is 0.344 e. The first-order chi connectivity index (χ1) is 12.9. The molecule has 0 radical (unpaired) electrons. The number of hydrogen-bond acceptors (Lipinski definition) is 4. The second-order valence-corrected chi connectivity index (χ2v) is 6.85. The first-order valence-electron chi connectivity index (χ1n) is 8.33. The summed E-state index contributed by atoms with van der Waals surface area (Å²) in [6.45, 7) is 3.84. The molecule has 0 aliphatic carbocycles. The summed E-state index contributed by atoms with van der Waals surface area (Å²) in [5.41, 5.74) is 2.95. The Morgan fingerprint density at radius 3 is 2.63 bits per heavy atom. The third-order valence-corrected chi connectivity index (χ3v) is 4.91. The summed E-state index contributed by atoms with van der Waals surface area (Å²) >= 11 is 12.2. The highest BCUT2D eigenvalue weighted by molar-refractivity contribution is 6.43. The van der Waals surface area contributed by atoms with Crippen molar-refractivity contribution in [2.45, 2.75) is 20.5 Å². The predicted octanol–water partition coefficient (Wildman–Crippen LogP) is 5.99. The van der Waals surface area contributed by atoms with Crippen molar-refractivity contribution in [1.29, 1.82) is 0 Å². The SMILES string of the molecule is Cc1ccc(OCC(=O)OCc2ccc(-c3cccc(Cl)c3Cl)o2)cc1C. The number of esters is 1. The number of rotatable bonds is 6. The molecule has 0 N–H and O–H groups in total. The van der Waals surface area contributed by atoms with Gasteiger partial charge in [-0.25, -0.2) is 4.79 Å². The molecule has 0 aliphatic rings. The molecule has 0 saturated heterocycles. The van der Waals surface area contributed by atoms with Crippen molar-refractivity contribution in [3.05, 3.63) is 75.5 Å². The molecule has 0 spiro atoms. The van der Waals surface area contributed by atoms with Gasteiger partial charge in [-0.3, -0.25) is 0 Å². The van der Waals surface area contributed by atoms with Gasteiger partial charge in [-0.05, 0) is 61.4 Å². The lowest BCUT2D eigenvalue weighted by Crippen LogP contribution is -2.14. The Labute approximate surface area is 167 Å². The highest BCUT2D eigenvalue weighted by Gasteiger charge is 2.12. The van der Waals surface area contributed by atoms with Crippen molar-refractivity contribution in [2.75, 3.05) is 6.61 Å². The van der Waals surface area contributed by atoms with Crippen LogP contribution in [0.3, 0.4) is 0 Å². The van der Waals surface area contributed by atoms with Crippen molar-refractivity contribution >= 4 is 29.2 Å². The molecule has 3 aromatic rings. The van der Waals surface area contributed by atoms with Crippen molar-refractivity contribution in [1.82, 2.24) is 0 Å². The van der Waals surface area contributed by atoms with Crippen LogP contribution in [0.15, 0.2) is 52.9 Å². The molecule has 0 unspecified atom stereocenters. The minimum Gasteiger partial charge on any atom is -0.482 e. The van der Waals surface area contributed by atoms with Crippen LogP contribution in [0, 0.1) is 13.8 Å². The summed E-state index contributed by atoms with van der Waals surface area (Å²) in [6, 6.07) is 14.4. The molecule has 0 amide bonds. The number of halogens is 2. The molecule has 1 heterocycles. The zero-order valence-electron chi connectivity index (χ0n) is 14.9. The topological polar surface area (TPSA) is 48.7 Å². The van der Waals surface area contributed by atoms with Gasteiger partial charge in [0.15, 0.2) is 6.61 Å². The number of hydrogen-bond donors (Lipinski definition) is 0. The quantitative estimate of drug-likeness (QED) is 0.473. The van der Waals surface area contributed by atoms with Gasteiger partial charge in [-0.2, -0.15) is 0 Å². The van der Waals surface area contributed by atoms with E-state index in [1.54, 1.807) is 30.3 Å². The summed E-state index contributed by atoms with van der Waals surface area (Å²) in [4.78, 5) is 11.9. The minimum absolute atomic E-state index is 0.00725. The van der Waals surface area contributed by atoms with Gasteiger partial charge in [-0.15, -0.1) is 0 Å². The van der Waals surface area contributed by atoms with Gasteiger partial charge in [0, 0.05) is 5.56 Å². The van der Waals surface area contributed by atoms with Crippen molar-refractivity contribution in [3.8, 4) is 17.1 Å². The van der Waals surface area contributed by atoms with Crippen LogP contribution in [0.2, 0.25) is 10.0 Å². The van der Waals surface area contributed by atoms with Crippen molar-refractivity contribution in [2.24, 2.45) is 0 Å². The maximum atomic E-state index is 11.9. The van der Waals surface area contributed by atoms with E-state index in [1.165, 1.54) is 5.56 Å². The van der Waals surface area contributed by atoms with Crippen LogP contribution in [0.25, 0.3) is 11.3 Å². The van der Waals surface area contributed by atoms with Crippen LogP contribution in [0.4, 0.5) is 0 Å². The number of ether oxygens (including phenoxy) is 2. The maximum absolute atomic E-state index is 11.9. The van der Waals surface area contributed by atoms with Crippen LogP contribution in [-0.4, -0.2) is 12.6 Å². The minimum atomic E-state index is -0.480. The number of carbonyl (C=O) groups excluding carboxylic acids is 1. The fourth-order valence-corrected chi connectivity index (χ4v) is 2.83. The van der Waals surface area contributed by atoms with E-state index >= 15 is 0 Å². The van der Waals surface area contributed by atoms with E-state index in [0.29, 0.717) is 32.9 Å². The summed E-state index contributed by atoms with van der Waals surface area (Å²) < 4.78 is 16.3. The lowest BCUT2D eigenvalue weighted by molar-refractivity contribution is -0.147. The summed E-state index contributed by atoms with van der Waals surface area (Å²) in [5, 5.41) is 0.862. The van der Waals surface area contributed by atoms with E-state index in [1.807, 2.05) is 32.0 Å². The number of aryl methyl sites for hydroxylation is 2. The normalized spacial score (nSPS) is 10.7. The van der Waals surface area contributed by atoms with Crippen LogP contribution in [0.5, 0.6) is 5.75 Å². The monoisotopic (exact) mass is 404 g/mol. The second kappa shape index (κ2) is 8.51. The Morgan fingerprint density at radius 1 is 1.04 bits per heavy atom. The summed E-state index contributed by atoms with van der Waals surface area (Å²) in [6.07, 6.45) is 0. The third-order valence-electron chi connectivity index (χ3n) is 4.09. The molecule has 0 bridgehead atoms. The molecule has 27 heavy (non-hydrogen) atoms. The molecule has 0 atom stereocenters. The summed E-state index contributed by atoms with van der Waals surface area (Å²) in [5.74, 6) is 1.21. The molecular formula is C21H18Cl2O4. The largest absolute Gasteiger partial charge is 0.482 e. The van der Waals surface area contributed by atoms with Crippen molar-refractivity contribution < 1.29 is 18.7 Å². The number of benzene rings is 2. The lowest BCUT2D eigenvalue weighted by atomic mass is 10.1. The van der Waals surface area contributed by atoms with E-state index in [4.69, 9.17) is 37.1 Å². The molecule has 3 rings (SSSR count). The van der Waals surface area contributed by atoms with Crippen LogP contribution < -0.4 is 4.74 Å². The molecule has 4 nitrogen and oxygen atoms in total. The van der Waals surface area contributed by atoms with Crippen LogP contribution >= 0.6 is 23.2 Å². The van der Waals surface area contributed by atoms with Gasteiger partial charge >= 0.3 is 5.97 Å². The van der Waals surface area contributed by atoms with Gasteiger partial charge < -0.3 is 13.9 Å². The number of furan rings is 1. The third kappa shape index (κ3) is 4.85. The molecular weight excluding hydrogens is 387 g/mol.